The molecule has 4 rings (SSSR count). The van der Waals surface area contributed by atoms with Crippen LogP contribution in [0.4, 0.5) is 0 Å². The van der Waals surface area contributed by atoms with Crippen molar-refractivity contribution in [2.24, 2.45) is 5.73 Å². The number of aliphatic hydroxyl groups is 1. The maximum Gasteiger partial charge on any atom is 0.222 e. The summed E-state index contributed by atoms with van der Waals surface area (Å²) in [5, 5.41) is 22.7. The van der Waals surface area contributed by atoms with E-state index in [9.17, 15) is 4.79 Å². The van der Waals surface area contributed by atoms with Crippen molar-refractivity contribution >= 4 is 22.8 Å². The average Bonchev–Trinajstić information content (AvgIpc) is 3.25. The van der Waals surface area contributed by atoms with Gasteiger partial charge in [0.1, 0.15) is 16.1 Å². The highest BCUT2D eigenvalue weighted by Crippen LogP contribution is 2.38. The SMILES string of the molecule is CC(C)OC1CC=C(c2nnc(-c3cccc4c3CCC[C@@H]4NC(=O)CCO)s2)C=C1N. The molecule has 1 aromatic carbocycles. The van der Waals surface area contributed by atoms with E-state index >= 15 is 0 Å². The Morgan fingerprint density at radius 1 is 1.34 bits per heavy atom. The zero-order valence-electron chi connectivity index (χ0n) is 18.5. The maximum absolute atomic E-state index is 12.0. The van der Waals surface area contributed by atoms with Crippen LogP contribution in [0.2, 0.25) is 0 Å². The highest BCUT2D eigenvalue weighted by atomic mass is 32.1. The molecular weight excluding hydrogens is 424 g/mol. The number of rotatable bonds is 7. The fraction of sp³-hybridized carbons (Fsp3) is 0.458. The Bertz CT molecular complexity index is 1040. The standard InChI is InChI=1S/C24H30N4O3S/c1-14(2)31-21-10-9-15(13-19(21)25)23-27-28-24(32-23)18-7-3-6-17-16(18)5-4-8-20(17)26-22(30)11-12-29/h3,6-7,9,13-14,20-21,29H,4-5,8,10-12,25H2,1-2H3,(H,26,30)/t20-,21?/m0/s1. The summed E-state index contributed by atoms with van der Waals surface area (Å²) in [6.45, 7) is 3.87. The number of ether oxygens (including phenoxy) is 1. The molecule has 2 aromatic rings. The Labute approximate surface area is 192 Å². The van der Waals surface area contributed by atoms with Crippen molar-refractivity contribution in [2.45, 2.75) is 64.2 Å². The largest absolute Gasteiger partial charge is 0.400 e. The molecule has 0 bridgehead atoms. The van der Waals surface area contributed by atoms with Gasteiger partial charge in [0.2, 0.25) is 5.91 Å². The number of allylic oxidation sites excluding steroid dienone is 2. The number of hydrogen-bond donors (Lipinski definition) is 3. The molecule has 0 spiro atoms. The average molecular weight is 455 g/mol. The first kappa shape index (κ1) is 22.6. The van der Waals surface area contributed by atoms with Crippen LogP contribution in [-0.2, 0) is 16.0 Å². The molecule has 0 saturated heterocycles. The van der Waals surface area contributed by atoms with Gasteiger partial charge in [-0.15, -0.1) is 10.2 Å². The number of nitrogens with zero attached hydrogens (tertiary/aromatic N) is 2. The molecule has 0 aliphatic heterocycles. The molecule has 1 amide bonds. The van der Waals surface area contributed by atoms with Crippen LogP contribution < -0.4 is 11.1 Å². The highest BCUT2D eigenvalue weighted by molar-refractivity contribution is 7.15. The van der Waals surface area contributed by atoms with Gasteiger partial charge in [0.05, 0.1) is 18.8 Å². The number of aromatic nitrogens is 2. The van der Waals surface area contributed by atoms with Crippen molar-refractivity contribution in [3.63, 3.8) is 0 Å². The molecule has 1 aromatic heterocycles. The number of fused-ring (bicyclic) bond motifs is 1. The third kappa shape index (κ3) is 4.92. The number of amides is 1. The third-order valence-corrected chi connectivity index (χ3v) is 6.77. The van der Waals surface area contributed by atoms with Crippen molar-refractivity contribution in [1.82, 2.24) is 15.5 Å². The number of carbonyl (C=O) groups excluding carboxylic acids is 1. The van der Waals surface area contributed by atoms with Gasteiger partial charge in [0.15, 0.2) is 0 Å². The van der Waals surface area contributed by atoms with Crippen LogP contribution in [-0.4, -0.2) is 40.0 Å². The van der Waals surface area contributed by atoms with E-state index in [1.807, 2.05) is 26.0 Å². The molecule has 2 atom stereocenters. The van der Waals surface area contributed by atoms with Gasteiger partial charge in [-0.05, 0) is 56.7 Å². The number of benzene rings is 1. The number of carbonyl (C=O) groups is 1. The first-order valence-corrected chi connectivity index (χ1v) is 12.0. The Morgan fingerprint density at radius 3 is 2.91 bits per heavy atom. The van der Waals surface area contributed by atoms with Crippen LogP contribution in [0, 0.1) is 0 Å². The second-order valence-electron chi connectivity index (χ2n) is 8.48. The molecule has 2 aliphatic carbocycles. The van der Waals surface area contributed by atoms with Crippen LogP contribution in [0.25, 0.3) is 16.1 Å². The van der Waals surface area contributed by atoms with Gasteiger partial charge < -0.3 is 20.9 Å². The van der Waals surface area contributed by atoms with Gasteiger partial charge >= 0.3 is 0 Å². The molecule has 8 heteroatoms. The van der Waals surface area contributed by atoms with Crippen LogP contribution in [0.5, 0.6) is 0 Å². The quantitative estimate of drug-likeness (QED) is 0.591. The van der Waals surface area contributed by atoms with Gasteiger partial charge in [-0.1, -0.05) is 35.6 Å². The van der Waals surface area contributed by atoms with E-state index in [4.69, 9.17) is 15.6 Å². The molecule has 1 unspecified atom stereocenters. The molecule has 2 aliphatic rings. The van der Waals surface area contributed by atoms with E-state index in [1.54, 1.807) is 11.3 Å². The fourth-order valence-corrected chi connectivity index (χ4v) is 5.24. The van der Waals surface area contributed by atoms with Crippen LogP contribution >= 0.6 is 11.3 Å². The van der Waals surface area contributed by atoms with E-state index in [1.165, 1.54) is 5.56 Å². The van der Waals surface area contributed by atoms with Gasteiger partial charge in [-0.2, -0.15) is 0 Å². The van der Waals surface area contributed by atoms with Crippen LogP contribution in [0.1, 0.15) is 61.7 Å². The Kier molecular flexibility index (Phi) is 7.03. The topological polar surface area (TPSA) is 110 Å². The lowest BCUT2D eigenvalue weighted by Gasteiger charge is -2.27. The molecule has 170 valence electrons. The lowest BCUT2D eigenvalue weighted by atomic mass is 9.85. The molecule has 4 N–H and O–H groups in total. The first-order chi connectivity index (χ1) is 15.5. The summed E-state index contributed by atoms with van der Waals surface area (Å²) < 4.78 is 5.86. The Hall–Kier alpha value is -2.55. The minimum atomic E-state index is -0.141. The van der Waals surface area contributed by atoms with Crippen molar-refractivity contribution in [3.8, 4) is 10.6 Å². The predicted molar refractivity (Wildman–Crippen MR) is 126 cm³/mol. The summed E-state index contributed by atoms with van der Waals surface area (Å²) in [5.41, 5.74) is 11.4. The van der Waals surface area contributed by atoms with Crippen molar-refractivity contribution < 1.29 is 14.6 Å². The number of aliphatic hydroxyl groups excluding tert-OH is 1. The number of nitrogens with one attached hydrogen (secondary N) is 1. The zero-order chi connectivity index (χ0) is 22.7. The van der Waals surface area contributed by atoms with E-state index in [0.717, 1.165) is 52.4 Å². The second-order valence-corrected chi connectivity index (χ2v) is 9.46. The summed E-state index contributed by atoms with van der Waals surface area (Å²) in [5.74, 6) is -0.123. The Morgan fingerprint density at radius 2 is 2.16 bits per heavy atom. The van der Waals surface area contributed by atoms with E-state index < -0.39 is 0 Å². The molecule has 7 nitrogen and oxygen atoms in total. The second kappa shape index (κ2) is 9.94. The minimum absolute atomic E-state index is 0.0354. The van der Waals surface area contributed by atoms with Gasteiger partial charge in [-0.25, -0.2) is 0 Å². The van der Waals surface area contributed by atoms with Gasteiger partial charge in [0.25, 0.3) is 0 Å². The number of nitrogens with two attached hydrogens (primary N) is 1. The summed E-state index contributed by atoms with van der Waals surface area (Å²) in [7, 11) is 0. The van der Waals surface area contributed by atoms with Gasteiger partial charge in [0, 0.05) is 23.3 Å². The van der Waals surface area contributed by atoms with E-state index in [2.05, 4.69) is 33.7 Å². The van der Waals surface area contributed by atoms with E-state index in [0.29, 0.717) is 5.70 Å². The van der Waals surface area contributed by atoms with Crippen LogP contribution in [0.3, 0.4) is 0 Å². The molecule has 32 heavy (non-hydrogen) atoms. The highest BCUT2D eigenvalue weighted by Gasteiger charge is 2.26. The molecule has 1 heterocycles. The molecule has 0 radical (unpaired) electrons. The summed E-state index contributed by atoms with van der Waals surface area (Å²) in [6, 6.07) is 6.13. The van der Waals surface area contributed by atoms with Gasteiger partial charge in [-0.3, -0.25) is 4.79 Å². The van der Waals surface area contributed by atoms with Crippen molar-refractivity contribution in [2.75, 3.05) is 6.61 Å². The summed E-state index contributed by atoms with van der Waals surface area (Å²) >= 11 is 1.55. The number of hydrogen-bond acceptors (Lipinski definition) is 7. The molecular formula is C24H30N4O3S. The fourth-order valence-electron chi connectivity index (χ4n) is 4.33. The Balaban J connectivity index is 1.57. The monoisotopic (exact) mass is 454 g/mol. The molecule has 0 fully saturated rings. The summed E-state index contributed by atoms with van der Waals surface area (Å²) in [6.07, 6.45) is 7.75. The molecule has 0 saturated carbocycles. The first-order valence-electron chi connectivity index (χ1n) is 11.1. The van der Waals surface area contributed by atoms with E-state index in [-0.39, 0.29) is 37.2 Å². The normalized spacial score (nSPS) is 20.5. The zero-order valence-corrected chi connectivity index (χ0v) is 19.3. The van der Waals surface area contributed by atoms with Crippen molar-refractivity contribution in [1.29, 1.82) is 0 Å². The minimum Gasteiger partial charge on any atom is -0.400 e. The lowest BCUT2D eigenvalue weighted by molar-refractivity contribution is -0.122. The lowest BCUT2D eigenvalue weighted by Crippen LogP contribution is -2.31. The third-order valence-electron chi connectivity index (χ3n) is 5.77. The van der Waals surface area contributed by atoms with Crippen molar-refractivity contribution in [3.05, 3.63) is 52.2 Å². The summed E-state index contributed by atoms with van der Waals surface area (Å²) in [4.78, 5) is 12.0. The maximum atomic E-state index is 12.0. The predicted octanol–water partition coefficient (Wildman–Crippen LogP) is 3.50. The smallest absolute Gasteiger partial charge is 0.222 e. The van der Waals surface area contributed by atoms with Crippen LogP contribution in [0.15, 0.2) is 36.0 Å².